The van der Waals surface area contributed by atoms with Crippen molar-refractivity contribution in [3.05, 3.63) is 63.7 Å². The number of carbonyl (C=O) groups is 1. The van der Waals surface area contributed by atoms with E-state index < -0.39 is 51.5 Å². The Morgan fingerprint density at radius 2 is 1.86 bits per heavy atom. The number of amides is 1. The van der Waals surface area contributed by atoms with Crippen molar-refractivity contribution in [2.75, 3.05) is 19.3 Å². The Morgan fingerprint density at radius 3 is 2.46 bits per heavy atom. The Bertz CT molecular complexity index is 1300. The summed E-state index contributed by atoms with van der Waals surface area (Å²) in [6.45, 7) is -0.0634. The highest BCUT2D eigenvalue weighted by Crippen LogP contribution is 2.46. The first kappa shape index (κ1) is 27.6. The van der Waals surface area contributed by atoms with Crippen LogP contribution in [-0.2, 0) is 10.0 Å². The molecule has 37 heavy (non-hydrogen) atoms. The van der Waals surface area contributed by atoms with E-state index in [9.17, 15) is 35.2 Å². The molecule has 1 aliphatic carbocycles. The maximum Gasteiger partial charge on any atom is 0.408 e. The molecule has 6 nitrogen and oxygen atoms in total. The van der Waals surface area contributed by atoms with E-state index in [4.69, 9.17) is 16.3 Å². The third-order valence-corrected chi connectivity index (χ3v) is 7.16. The van der Waals surface area contributed by atoms with Gasteiger partial charge in [-0.05, 0) is 67.5 Å². The summed E-state index contributed by atoms with van der Waals surface area (Å²) in [7, 11) is -3.92. The lowest BCUT2D eigenvalue weighted by molar-refractivity contribution is -0.192. The molecule has 4 rings (SSSR count). The summed E-state index contributed by atoms with van der Waals surface area (Å²) in [6.07, 6.45) is -2.43. The first-order chi connectivity index (χ1) is 17.2. The van der Waals surface area contributed by atoms with Gasteiger partial charge >= 0.3 is 6.18 Å². The Balaban J connectivity index is 1.59. The van der Waals surface area contributed by atoms with Crippen LogP contribution in [0.4, 0.5) is 22.0 Å². The minimum atomic E-state index is -4.71. The van der Waals surface area contributed by atoms with Crippen LogP contribution in [0.3, 0.4) is 0 Å². The van der Waals surface area contributed by atoms with Crippen LogP contribution >= 0.6 is 11.6 Å². The Labute approximate surface area is 215 Å². The second kappa shape index (κ2) is 10.4. The van der Waals surface area contributed by atoms with Crippen LogP contribution in [0.2, 0.25) is 5.02 Å². The molecule has 202 valence electrons. The summed E-state index contributed by atoms with van der Waals surface area (Å²) in [4.78, 5) is 13.4. The van der Waals surface area contributed by atoms with Gasteiger partial charge in [0.25, 0.3) is 5.91 Å². The molecule has 0 aromatic heterocycles. The van der Waals surface area contributed by atoms with Crippen LogP contribution in [0, 0.1) is 11.6 Å². The number of alkyl halides is 3. The van der Waals surface area contributed by atoms with Crippen molar-refractivity contribution in [3.8, 4) is 5.75 Å². The molecule has 1 saturated carbocycles. The molecular weight excluding hydrogens is 543 g/mol. The fourth-order valence-corrected chi connectivity index (χ4v) is 5.28. The zero-order valence-corrected chi connectivity index (χ0v) is 21.2. The third kappa shape index (κ3) is 6.71. The molecule has 1 aliphatic heterocycles. The molecule has 2 fully saturated rings. The first-order valence-electron chi connectivity index (χ1n) is 11.5. The molecule has 1 N–H and O–H groups in total. The minimum Gasteiger partial charge on any atom is -0.489 e. The van der Waals surface area contributed by atoms with Crippen LogP contribution in [0.5, 0.6) is 5.75 Å². The average Bonchev–Trinajstić information content (AvgIpc) is 3.59. The molecule has 1 heterocycles. The molecule has 13 heteroatoms. The lowest BCUT2D eigenvalue weighted by Gasteiger charge is -2.39. The number of hydrogen-bond acceptors (Lipinski definition) is 5. The molecule has 0 radical (unpaired) electrons. The van der Waals surface area contributed by atoms with Crippen LogP contribution in [-0.4, -0.2) is 50.9 Å². The van der Waals surface area contributed by atoms with Crippen LogP contribution in [0.15, 0.2) is 30.3 Å². The Hall–Kier alpha value is -2.44. The van der Waals surface area contributed by atoms with Gasteiger partial charge in [0.05, 0.1) is 11.8 Å². The zero-order valence-electron chi connectivity index (χ0n) is 19.6. The van der Waals surface area contributed by atoms with Gasteiger partial charge in [0.1, 0.15) is 29.5 Å². The van der Waals surface area contributed by atoms with Crippen molar-refractivity contribution in [1.82, 2.24) is 9.62 Å². The fourth-order valence-electron chi connectivity index (χ4n) is 4.56. The third-order valence-electron chi connectivity index (χ3n) is 6.27. The summed E-state index contributed by atoms with van der Waals surface area (Å²) in [5, 5.41) is -0.341. The standard InChI is InChI=1S/C24H24ClF5N2O4S/c1-37(34,35)31-23(33)18-10-17(13-4-5-13)21(11-20(18)27)36-15-3-2-8-32(12-15)22(24(28,29)30)16-7-6-14(26)9-19(16)25/h6-7,9-11,13,15,22H,2-5,8,12H2,1H3,(H,31,33)/t15-,22?/m1/s1. The van der Waals surface area contributed by atoms with Gasteiger partial charge in [-0.15, -0.1) is 0 Å². The van der Waals surface area contributed by atoms with E-state index in [2.05, 4.69) is 0 Å². The van der Waals surface area contributed by atoms with E-state index in [-0.39, 0.29) is 35.3 Å². The fraction of sp³-hybridized carbons (Fsp3) is 0.458. The van der Waals surface area contributed by atoms with E-state index >= 15 is 0 Å². The summed E-state index contributed by atoms with van der Waals surface area (Å²) < 4.78 is 101. The van der Waals surface area contributed by atoms with Crippen molar-refractivity contribution >= 4 is 27.5 Å². The normalized spacial score (nSPS) is 19.9. The van der Waals surface area contributed by atoms with Gasteiger partial charge in [0.2, 0.25) is 10.0 Å². The molecule has 1 amide bonds. The van der Waals surface area contributed by atoms with Crippen molar-refractivity contribution in [1.29, 1.82) is 0 Å². The van der Waals surface area contributed by atoms with Gasteiger partial charge in [0, 0.05) is 17.6 Å². The van der Waals surface area contributed by atoms with Gasteiger partial charge < -0.3 is 4.74 Å². The molecule has 2 aromatic carbocycles. The summed E-state index contributed by atoms with van der Waals surface area (Å²) in [6, 6.07) is 2.89. The quantitative estimate of drug-likeness (QED) is 0.459. The highest BCUT2D eigenvalue weighted by molar-refractivity contribution is 7.89. The summed E-state index contributed by atoms with van der Waals surface area (Å²) in [5.41, 5.74) is -0.249. The second-order valence-corrected chi connectivity index (χ2v) is 11.5. The number of hydrogen-bond donors (Lipinski definition) is 1. The van der Waals surface area contributed by atoms with Crippen molar-refractivity contribution < 1.29 is 39.9 Å². The highest BCUT2D eigenvalue weighted by Gasteiger charge is 2.47. The summed E-state index contributed by atoms with van der Waals surface area (Å²) in [5.74, 6) is -2.83. The number of benzene rings is 2. The van der Waals surface area contributed by atoms with E-state index in [1.54, 1.807) is 4.72 Å². The number of rotatable bonds is 7. The molecule has 2 atom stereocenters. The number of nitrogens with zero attached hydrogens (tertiary/aromatic N) is 1. The lowest BCUT2D eigenvalue weighted by Crippen LogP contribution is -2.47. The lowest BCUT2D eigenvalue weighted by atomic mass is 9.99. The van der Waals surface area contributed by atoms with Crippen molar-refractivity contribution in [2.45, 2.75) is 49.9 Å². The van der Waals surface area contributed by atoms with Gasteiger partial charge in [-0.3, -0.25) is 9.69 Å². The summed E-state index contributed by atoms with van der Waals surface area (Å²) >= 11 is 5.97. The maximum atomic E-state index is 14.8. The van der Waals surface area contributed by atoms with E-state index in [0.717, 1.165) is 48.3 Å². The van der Waals surface area contributed by atoms with E-state index in [1.807, 2.05) is 0 Å². The largest absolute Gasteiger partial charge is 0.489 e. The number of halogens is 6. The number of carbonyl (C=O) groups excluding carboxylic acids is 1. The monoisotopic (exact) mass is 566 g/mol. The molecule has 2 aromatic rings. The van der Waals surface area contributed by atoms with Crippen molar-refractivity contribution in [2.24, 2.45) is 0 Å². The molecular formula is C24H24ClF5N2O4S. The van der Waals surface area contributed by atoms with Crippen LogP contribution in [0.25, 0.3) is 0 Å². The smallest absolute Gasteiger partial charge is 0.408 e. The van der Waals surface area contributed by atoms with Gasteiger partial charge in [-0.2, -0.15) is 13.2 Å². The number of sulfonamides is 1. The maximum absolute atomic E-state index is 14.8. The molecule has 2 aliphatic rings. The Kier molecular flexibility index (Phi) is 7.74. The molecule has 0 bridgehead atoms. The topological polar surface area (TPSA) is 75.7 Å². The van der Waals surface area contributed by atoms with Gasteiger partial charge in [-0.1, -0.05) is 17.7 Å². The van der Waals surface area contributed by atoms with E-state index in [1.165, 1.54) is 6.07 Å². The SMILES string of the molecule is CS(=O)(=O)NC(=O)c1cc(C2CC2)c(O[C@@H]2CCCN(C(c3ccc(F)cc3Cl)C(F)(F)F)C2)cc1F. The highest BCUT2D eigenvalue weighted by atomic mass is 35.5. The average molecular weight is 567 g/mol. The second-order valence-electron chi connectivity index (χ2n) is 9.33. The predicted octanol–water partition coefficient (Wildman–Crippen LogP) is 5.33. The molecule has 1 saturated heterocycles. The number of ether oxygens (including phenoxy) is 1. The zero-order chi connectivity index (χ0) is 27.1. The number of likely N-dealkylation sites (tertiary alicyclic amines) is 1. The molecule has 0 spiro atoms. The van der Waals surface area contributed by atoms with Crippen molar-refractivity contribution in [3.63, 3.8) is 0 Å². The van der Waals surface area contributed by atoms with Crippen LogP contribution < -0.4 is 9.46 Å². The van der Waals surface area contributed by atoms with Gasteiger partial charge in [0.15, 0.2) is 0 Å². The van der Waals surface area contributed by atoms with Crippen LogP contribution in [0.1, 0.15) is 59.1 Å². The van der Waals surface area contributed by atoms with Gasteiger partial charge in [-0.25, -0.2) is 21.9 Å². The minimum absolute atomic E-state index is 0.0407. The first-order valence-corrected chi connectivity index (χ1v) is 13.8. The Morgan fingerprint density at radius 1 is 1.16 bits per heavy atom. The van der Waals surface area contributed by atoms with E-state index in [0.29, 0.717) is 18.4 Å². The number of nitrogens with one attached hydrogen (secondary N) is 1. The predicted molar refractivity (Wildman–Crippen MR) is 126 cm³/mol. The number of piperidine rings is 1. The molecule has 1 unspecified atom stereocenters.